The van der Waals surface area contributed by atoms with Crippen molar-refractivity contribution < 1.29 is 24.1 Å². The number of carbonyl (C=O) groups is 1. The Bertz CT molecular complexity index is 869. The van der Waals surface area contributed by atoms with Crippen molar-refractivity contribution in [2.24, 2.45) is 0 Å². The van der Waals surface area contributed by atoms with E-state index < -0.39 is 12.0 Å². The van der Waals surface area contributed by atoms with Gasteiger partial charge in [-0.3, -0.25) is 10.1 Å². The van der Waals surface area contributed by atoms with Crippen LogP contribution in [0, 0.1) is 0 Å². The first kappa shape index (κ1) is 22.1. The van der Waals surface area contributed by atoms with Gasteiger partial charge in [0.15, 0.2) is 11.5 Å². The molecule has 29 heavy (non-hydrogen) atoms. The number of carboxylic acid groups (broad SMARTS) is 1. The fraction of sp³-hybridized carbons (Fsp3) is 0.350. The fourth-order valence-corrected chi connectivity index (χ4v) is 4.78. The summed E-state index contributed by atoms with van der Waals surface area (Å²) in [6.45, 7) is 3.00. The van der Waals surface area contributed by atoms with E-state index in [9.17, 15) is 9.90 Å². The molecule has 2 unspecified atom stereocenters. The molecule has 0 aromatic heterocycles. The molecule has 1 heterocycles. The van der Waals surface area contributed by atoms with Crippen molar-refractivity contribution in [1.29, 1.82) is 0 Å². The van der Waals surface area contributed by atoms with Gasteiger partial charge in [0.1, 0.15) is 25.0 Å². The maximum atomic E-state index is 11.2. The van der Waals surface area contributed by atoms with Crippen molar-refractivity contribution >= 4 is 45.3 Å². The summed E-state index contributed by atoms with van der Waals surface area (Å²) in [6, 6.07) is 10.5. The molecule has 1 fully saturated rings. The molecule has 0 amide bonds. The van der Waals surface area contributed by atoms with Crippen LogP contribution in [0.5, 0.6) is 17.2 Å². The molecule has 0 aliphatic carbocycles. The largest absolute Gasteiger partial charge is 0.490 e. The molecule has 0 radical (unpaired) electrons. The minimum absolute atomic E-state index is 0.121. The molecular weight excluding hydrogens is 482 g/mol. The Labute approximate surface area is 187 Å². The Hall–Kier alpha value is -1.61. The summed E-state index contributed by atoms with van der Waals surface area (Å²) < 4.78 is 18.0. The fourth-order valence-electron chi connectivity index (χ4n) is 2.81. The van der Waals surface area contributed by atoms with Gasteiger partial charge in [-0.2, -0.15) is 0 Å². The van der Waals surface area contributed by atoms with Gasteiger partial charge in [-0.05, 0) is 52.7 Å². The van der Waals surface area contributed by atoms with Crippen molar-refractivity contribution in [3.63, 3.8) is 0 Å². The highest BCUT2D eigenvalue weighted by molar-refractivity contribution is 9.10. The zero-order valence-electron chi connectivity index (χ0n) is 15.7. The molecule has 2 aromatic rings. The summed E-state index contributed by atoms with van der Waals surface area (Å²) in [5.41, 5.74) is 0.925. The molecule has 0 bridgehead atoms. The highest BCUT2D eigenvalue weighted by Crippen LogP contribution is 2.42. The highest BCUT2D eigenvalue weighted by Gasteiger charge is 2.31. The third-order valence-electron chi connectivity index (χ3n) is 4.14. The number of nitrogens with one attached hydrogen (secondary N) is 1. The van der Waals surface area contributed by atoms with Gasteiger partial charge in [-0.1, -0.05) is 23.7 Å². The van der Waals surface area contributed by atoms with Gasteiger partial charge in [0, 0.05) is 5.75 Å². The van der Waals surface area contributed by atoms with Gasteiger partial charge in [-0.15, -0.1) is 11.8 Å². The number of aliphatic carboxylic acids is 1. The van der Waals surface area contributed by atoms with Crippen molar-refractivity contribution in [1.82, 2.24) is 5.32 Å². The summed E-state index contributed by atoms with van der Waals surface area (Å²) in [4.78, 5) is 11.2. The van der Waals surface area contributed by atoms with Gasteiger partial charge in [-0.25, -0.2) is 0 Å². The molecule has 1 aliphatic heterocycles. The second kappa shape index (κ2) is 10.4. The third kappa shape index (κ3) is 5.72. The Morgan fingerprint density at radius 2 is 2.00 bits per heavy atom. The Morgan fingerprint density at radius 3 is 2.69 bits per heavy atom. The SMILES string of the molecule is CCOc1cc(C2NC(C(=O)O)CS2)cc(Br)c1OCCOc1ccccc1Cl. The standard InChI is InChI=1S/C20H21BrClNO5S/c1-2-26-17-10-12(19-23-15(11-29-19)20(24)25)9-13(21)18(17)28-8-7-27-16-6-4-3-5-14(16)22/h3-6,9-10,15,19,23H,2,7-8,11H2,1H3,(H,24,25). The lowest BCUT2D eigenvalue weighted by Crippen LogP contribution is -2.33. The minimum atomic E-state index is -0.845. The predicted octanol–water partition coefficient (Wildman–Crippen LogP) is 4.75. The molecule has 0 saturated carbocycles. The van der Waals surface area contributed by atoms with Crippen LogP contribution in [0.2, 0.25) is 5.02 Å². The maximum absolute atomic E-state index is 11.2. The summed E-state index contributed by atoms with van der Waals surface area (Å²) in [5.74, 6) is 1.45. The topological polar surface area (TPSA) is 77.0 Å². The molecule has 9 heteroatoms. The van der Waals surface area contributed by atoms with E-state index in [1.54, 1.807) is 23.9 Å². The van der Waals surface area contributed by atoms with Gasteiger partial charge < -0.3 is 19.3 Å². The van der Waals surface area contributed by atoms with Crippen LogP contribution in [0.4, 0.5) is 0 Å². The average Bonchev–Trinajstić information content (AvgIpc) is 3.19. The lowest BCUT2D eigenvalue weighted by atomic mass is 10.2. The lowest BCUT2D eigenvalue weighted by molar-refractivity contribution is -0.138. The van der Waals surface area contributed by atoms with E-state index in [1.807, 2.05) is 31.2 Å². The number of para-hydroxylation sites is 1. The predicted molar refractivity (Wildman–Crippen MR) is 118 cm³/mol. The van der Waals surface area contributed by atoms with E-state index in [-0.39, 0.29) is 5.37 Å². The van der Waals surface area contributed by atoms with Crippen molar-refractivity contribution in [3.8, 4) is 17.2 Å². The normalized spacial score (nSPS) is 18.4. The number of benzene rings is 2. The van der Waals surface area contributed by atoms with Crippen LogP contribution in [-0.2, 0) is 4.79 Å². The zero-order chi connectivity index (χ0) is 20.8. The Kier molecular flexibility index (Phi) is 7.94. The monoisotopic (exact) mass is 501 g/mol. The van der Waals surface area contributed by atoms with Crippen LogP contribution in [0.3, 0.4) is 0 Å². The van der Waals surface area contributed by atoms with Crippen molar-refractivity contribution in [3.05, 3.63) is 51.5 Å². The third-order valence-corrected chi connectivity index (χ3v) is 6.31. The van der Waals surface area contributed by atoms with E-state index in [1.165, 1.54) is 0 Å². The van der Waals surface area contributed by atoms with Gasteiger partial charge in [0.2, 0.25) is 0 Å². The Balaban J connectivity index is 1.66. The first-order valence-electron chi connectivity index (χ1n) is 9.06. The van der Waals surface area contributed by atoms with Crippen LogP contribution >= 0.6 is 39.3 Å². The molecule has 3 rings (SSSR count). The molecule has 156 valence electrons. The van der Waals surface area contributed by atoms with Crippen LogP contribution in [-0.4, -0.2) is 42.7 Å². The van der Waals surface area contributed by atoms with E-state index in [0.29, 0.717) is 47.8 Å². The van der Waals surface area contributed by atoms with Crippen LogP contribution in [0.1, 0.15) is 17.9 Å². The second-order valence-corrected chi connectivity index (χ2v) is 8.56. The van der Waals surface area contributed by atoms with Gasteiger partial charge in [0.05, 0.1) is 21.5 Å². The maximum Gasteiger partial charge on any atom is 0.321 e. The molecule has 6 nitrogen and oxygen atoms in total. The molecular formula is C20H21BrClNO5S. The van der Waals surface area contributed by atoms with E-state index in [0.717, 1.165) is 10.0 Å². The van der Waals surface area contributed by atoms with Gasteiger partial charge >= 0.3 is 5.97 Å². The van der Waals surface area contributed by atoms with Crippen LogP contribution in [0.25, 0.3) is 0 Å². The molecule has 1 aliphatic rings. The number of thioether (sulfide) groups is 1. The summed E-state index contributed by atoms with van der Waals surface area (Å²) in [6.07, 6.45) is 0. The first-order chi connectivity index (χ1) is 14.0. The van der Waals surface area contributed by atoms with Gasteiger partial charge in [0.25, 0.3) is 0 Å². The number of carboxylic acids is 1. The number of hydrogen-bond donors (Lipinski definition) is 2. The molecule has 1 saturated heterocycles. The number of halogens is 2. The summed E-state index contributed by atoms with van der Waals surface area (Å²) >= 11 is 11.2. The first-order valence-corrected chi connectivity index (χ1v) is 11.3. The number of ether oxygens (including phenoxy) is 3. The number of rotatable bonds is 9. The van der Waals surface area contributed by atoms with E-state index >= 15 is 0 Å². The van der Waals surface area contributed by atoms with Crippen LogP contribution < -0.4 is 19.5 Å². The van der Waals surface area contributed by atoms with Crippen molar-refractivity contribution in [2.45, 2.75) is 18.3 Å². The quantitative estimate of drug-likeness (QED) is 0.479. The van der Waals surface area contributed by atoms with Crippen LogP contribution in [0.15, 0.2) is 40.9 Å². The van der Waals surface area contributed by atoms with E-state index in [2.05, 4.69) is 21.2 Å². The lowest BCUT2D eigenvalue weighted by Gasteiger charge is -2.18. The molecule has 2 aromatic carbocycles. The van der Waals surface area contributed by atoms with Crippen molar-refractivity contribution in [2.75, 3.05) is 25.6 Å². The average molecular weight is 503 g/mol. The smallest absolute Gasteiger partial charge is 0.321 e. The van der Waals surface area contributed by atoms with E-state index in [4.69, 9.17) is 25.8 Å². The molecule has 2 N–H and O–H groups in total. The summed E-state index contributed by atoms with van der Waals surface area (Å²) in [7, 11) is 0. The zero-order valence-corrected chi connectivity index (χ0v) is 18.9. The highest BCUT2D eigenvalue weighted by atomic mass is 79.9. The Morgan fingerprint density at radius 1 is 1.24 bits per heavy atom. The molecule has 0 spiro atoms. The molecule has 2 atom stereocenters. The number of hydrogen-bond acceptors (Lipinski definition) is 6. The summed E-state index contributed by atoms with van der Waals surface area (Å²) in [5, 5.41) is 12.7. The minimum Gasteiger partial charge on any atom is -0.490 e. The second-order valence-electron chi connectivity index (χ2n) is 6.16.